The van der Waals surface area contributed by atoms with Crippen LogP contribution in [0, 0.1) is 5.92 Å². The highest BCUT2D eigenvalue weighted by atomic mass is 16.4. The van der Waals surface area contributed by atoms with Crippen molar-refractivity contribution in [3.63, 3.8) is 0 Å². The average molecular weight is 273 g/mol. The molecule has 0 saturated heterocycles. The van der Waals surface area contributed by atoms with Crippen LogP contribution >= 0.6 is 0 Å². The van der Waals surface area contributed by atoms with Crippen molar-refractivity contribution >= 4 is 17.9 Å². The standard InChI is InChI=1S/C12H23N3O4/c1-4-5-8(15-12(13)19)10(16)14-9(11(17)18)6-7(2)3/h7-9H,4-6H2,1-3H3,(H,14,16)(H,17,18)(H3,13,15,19)/t8-,9-/m1/s1. The van der Waals surface area contributed by atoms with E-state index in [0.717, 1.165) is 0 Å². The third-order valence-corrected chi connectivity index (χ3v) is 2.53. The lowest BCUT2D eigenvalue weighted by Crippen LogP contribution is -2.52. The predicted molar refractivity (Wildman–Crippen MR) is 70.4 cm³/mol. The molecule has 0 aliphatic rings. The maximum absolute atomic E-state index is 11.9. The molecule has 0 heterocycles. The highest BCUT2D eigenvalue weighted by molar-refractivity contribution is 5.89. The van der Waals surface area contributed by atoms with E-state index in [4.69, 9.17) is 10.8 Å². The van der Waals surface area contributed by atoms with Crippen LogP contribution in [0.3, 0.4) is 0 Å². The Bertz CT molecular complexity index is 331. The number of rotatable bonds is 8. The Morgan fingerprint density at radius 3 is 2.11 bits per heavy atom. The van der Waals surface area contributed by atoms with Gasteiger partial charge in [-0.25, -0.2) is 9.59 Å². The van der Waals surface area contributed by atoms with Gasteiger partial charge in [-0.3, -0.25) is 4.79 Å². The van der Waals surface area contributed by atoms with E-state index < -0.39 is 30.0 Å². The molecule has 0 saturated carbocycles. The minimum atomic E-state index is -1.09. The summed E-state index contributed by atoms with van der Waals surface area (Å²) in [7, 11) is 0. The highest BCUT2D eigenvalue weighted by Gasteiger charge is 2.25. The van der Waals surface area contributed by atoms with E-state index in [1.807, 2.05) is 20.8 Å². The second-order valence-electron chi connectivity index (χ2n) is 4.88. The summed E-state index contributed by atoms with van der Waals surface area (Å²) in [5.41, 5.74) is 4.99. The second-order valence-corrected chi connectivity index (χ2v) is 4.88. The molecule has 0 aliphatic heterocycles. The predicted octanol–water partition coefficient (Wildman–Crippen LogP) is 0.439. The van der Waals surface area contributed by atoms with Gasteiger partial charge in [-0.15, -0.1) is 0 Å². The van der Waals surface area contributed by atoms with Gasteiger partial charge in [-0.1, -0.05) is 27.2 Å². The Kier molecular flexibility index (Phi) is 7.55. The Labute approximate surface area is 112 Å². The number of nitrogens with two attached hydrogens (primary N) is 1. The molecule has 2 atom stereocenters. The van der Waals surface area contributed by atoms with Crippen molar-refractivity contribution in [1.29, 1.82) is 0 Å². The summed E-state index contributed by atoms with van der Waals surface area (Å²) >= 11 is 0. The number of urea groups is 1. The number of amides is 3. The van der Waals surface area contributed by atoms with Gasteiger partial charge in [0.15, 0.2) is 0 Å². The molecule has 19 heavy (non-hydrogen) atoms. The number of nitrogens with one attached hydrogen (secondary N) is 2. The Morgan fingerprint density at radius 2 is 1.74 bits per heavy atom. The summed E-state index contributed by atoms with van der Waals surface area (Å²) < 4.78 is 0. The van der Waals surface area contributed by atoms with E-state index in [2.05, 4.69) is 10.6 Å². The topological polar surface area (TPSA) is 122 Å². The van der Waals surface area contributed by atoms with Crippen LogP contribution < -0.4 is 16.4 Å². The fourth-order valence-electron chi connectivity index (χ4n) is 1.69. The summed E-state index contributed by atoms with van der Waals surface area (Å²) in [6, 6.07) is -2.55. The van der Waals surface area contributed by atoms with E-state index >= 15 is 0 Å². The molecule has 5 N–H and O–H groups in total. The molecule has 0 rings (SSSR count). The molecule has 0 radical (unpaired) electrons. The largest absolute Gasteiger partial charge is 0.480 e. The summed E-state index contributed by atoms with van der Waals surface area (Å²) in [5, 5.41) is 13.8. The normalized spacial score (nSPS) is 13.7. The fourth-order valence-corrected chi connectivity index (χ4v) is 1.69. The zero-order valence-electron chi connectivity index (χ0n) is 11.6. The summed E-state index contributed by atoms with van der Waals surface area (Å²) in [6.45, 7) is 5.59. The van der Waals surface area contributed by atoms with Crippen molar-refractivity contribution in [3.05, 3.63) is 0 Å². The molecule has 0 aliphatic carbocycles. The van der Waals surface area contributed by atoms with Crippen molar-refractivity contribution in [2.24, 2.45) is 11.7 Å². The third kappa shape index (κ3) is 7.28. The summed E-state index contributed by atoms with van der Waals surface area (Å²) in [5.74, 6) is -1.47. The van der Waals surface area contributed by atoms with Gasteiger partial charge in [0.2, 0.25) is 5.91 Å². The van der Waals surface area contributed by atoms with E-state index in [1.54, 1.807) is 0 Å². The van der Waals surface area contributed by atoms with Crippen LogP contribution in [0.25, 0.3) is 0 Å². The van der Waals surface area contributed by atoms with Crippen molar-refractivity contribution in [1.82, 2.24) is 10.6 Å². The van der Waals surface area contributed by atoms with Crippen LogP contribution in [0.5, 0.6) is 0 Å². The molecule has 0 aromatic rings. The molecular formula is C12H23N3O4. The van der Waals surface area contributed by atoms with E-state index in [0.29, 0.717) is 19.3 Å². The zero-order chi connectivity index (χ0) is 15.0. The van der Waals surface area contributed by atoms with Crippen LogP contribution in [0.1, 0.15) is 40.0 Å². The van der Waals surface area contributed by atoms with E-state index in [9.17, 15) is 14.4 Å². The zero-order valence-corrected chi connectivity index (χ0v) is 11.6. The van der Waals surface area contributed by atoms with Gasteiger partial charge in [-0.05, 0) is 18.8 Å². The number of carboxylic acid groups (broad SMARTS) is 1. The molecule has 7 nitrogen and oxygen atoms in total. The lowest BCUT2D eigenvalue weighted by Gasteiger charge is -2.21. The first-order chi connectivity index (χ1) is 8.77. The molecule has 0 aromatic carbocycles. The van der Waals surface area contributed by atoms with Crippen molar-refractivity contribution in [3.8, 4) is 0 Å². The lowest BCUT2D eigenvalue weighted by molar-refractivity contribution is -0.142. The molecule has 0 fully saturated rings. The van der Waals surface area contributed by atoms with Crippen LogP contribution in [0.15, 0.2) is 0 Å². The number of carboxylic acids is 1. The van der Waals surface area contributed by atoms with Crippen LogP contribution in [0.2, 0.25) is 0 Å². The van der Waals surface area contributed by atoms with Gasteiger partial charge < -0.3 is 21.5 Å². The molecule has 0 unspecified atom stereocenters. The van der Waals surface area contributed by atoms with Gasteiger partial charge in [0.05, 0.1) is 0 Å². The van der Waals surface area contributed by atoms with Gasteiger partial charge in [0, 0.05) is 0 Å². The van der Waals surface area contributed by atoms with Gasteiger partial charge in [0.25, 0.3) is 0 Å². The van der Waals surface area contributed by atoms with E-state index in [-0.39, 0.29) is 5.92 Å². The number of carbonyl (C=O) groups is 3. The smallest absolute Gasteiger partial charge is 0.326 e. The molecule has 0 aromatic heterocycles. The van der Waals surface area contributed by atoms with Crippen molar-refractivity contribution < 1.29 is 19.5 Å². The minimum absolute atomic E-state index is 0.134. The first kappa shape index (κ1) is 17.2. The quantitative estimate of drug-likeness (QED) is 0.512. The maximum atomic E-state index is 11.9. The first-order valence-corrected chi connectivity index (χ1v) is 6.37. The Morgan fingerprint density at radius 1 is 1.16 bits per heavy atom. The molecule has 110 valence electrons. The van der Waals surface area contributed by atoms with E-state index in [1.165, 1.54) is 0 Å². The van der Waals surface area contributed by atoms with Gasteiger partial charge >= 0.3 is 12.0 Å². The molecule has 3 amide bonds. The van der Waals surface area contributed by atoms with Gasteiger partial charge in [0.1, 0.15) is 12.1 Å². The number of aliphatic carboxylic acids is 1. The number of primary amides is 1. The van der Waals surface area contributed by atoms with Crippen molar-refractivity contribution in [2.45, 2.75) is 52.1 Å². The summed E-state index contributed by atoms with van der Waals surface area (Å²) in [6.07, 6.45) is 1.40. The third-order valence-electron chi connectivity index (χ3n) is 2.53. The number of hydrogen-bond acceptors (Lipinski definition) is 3. The SMILES string of the molecule is CCC[C@@H](NC(N)=O)C(=O)N[C@H](CC(C)C)C(=O)O. The second kappa shape index (κ2) is 8.34. The van der Waals surface area contributed by atoms with Crippen LogP contribution in [0.4, 0.5) is 4.79 Å². The molecule has 7 heteroatoms. The lowest BCUT2D eigenvalue weighted by atomic mass is 10.0. The van der Waals surface area contributed by atoms with Gasteiger partial charge in [-0.2, -0.15) is 0 Å². The minimum Gasteiger partial charge on any atom is -0.480 e. The first-order valence-electron chi connectivity index (χ1n) is 6.37. The average Bonchev–Trinajstić information content (AvgIpc) is 2.26. The van der Waals surface area contributed by atoms with Crippen molar-refractivity contribution in [2.75, 3.05) is 0 Å². The molecule has 0 bridgehead atoms. The summed E-state index contributed by atoms with van der Waals surface area (Å²) in [4.78, 5) is 33.8. The monoisotopic (exact) mass is 273 g/mol. The Hall–Kier alpha value is -1.79. The maximum Gasteiger partial charge on any atom is 0.326 e. The molecular weight excluding hydrogens is 250 g/mol. The molecule has 0 spiro atoms. The van der Waals surface area contributed by atoms with Crippen LogP contribution in [-0.2, 0) is 9.59 Å². The Balaban J connectivity index is 4.65. The van der Waals surface area contributed by atoms with Crippen LogP contribution in [-0.4, -0.2) is 35.1 Å². The number of carbonyl (C=O) groups excluding carboxylic acids is 2. The highest BCUT2D eigenvalue weighted by Crippen LogP contribution is 2.06. The fraction of sp³-hybridized carbons (Fsp3) is 0.750. The number of hydrogen-bond donors (Lipinski definition) is 4.